The number of aromatic nitrogens is 1. The van der Waals surface area contributed by atoms with Crippen molar-refractivity contribution in [2.75, 3.05) is 7.11 Å². The van der Waals surface area contributed by atoms with Crippen molar-refractivity contribution >= 4 is 26.9 Å². The highest BCUT2D eigenvalue weighted by molar-refractivity contribution is 7.90. The molecule has 4 rings (SSSR count). The van der Waals surface area contributed by atoms with Crippen molar-refractivity contribution in [3.05, 3.63) is 101 Å². The molecule has 0 atom stereocenters. The number of rotatable bonds is 5. The van der Waals surface area contributed by atoms with Gasteiger partial charge in [-0.2, -0.15) is 0 Å². The number of methoxy groups -OCH3 is 1. The molecule has 0 aliphatic heterocycles. The van der Waals surface area contributed by atoms with Crippen molar-refractivity contribution in [1.82, 2.24) is 3.97 Å². The third-order valence-corrected chi connectivity index (χ3v) is 7.10. The zero-order valence-corrected chi connectivity index (χ0v) is 18.4. The van der Waals surface area contributed by atoms with Crippen molar-refractivity contribution in [3.8, 4) is 0 Å². The summed E-state index contributed by atoms with van der Waals surface area (Å²) in [4.78, 5) is 12.2. The van der Waals surface area contributed by atoms with Gasteiger partial charge in [-0.3, -0.25) is 0 Å². The fourth-order valence-electron chi connectivity index (χ4n) is 3.63. The molecular formula is C25H23NO4S. The van der Waals surface area contributed by atoms with Gasteiger partial charge in [0.05, 0.1) is 23.1 Å². The monoisotopic (exact) mass is 433 g/mol. The van der Waals surface area contributed by atoms with Crippen LogP contribution in [0.5, 0.6) is 0 Å². The molecule has 1 aromatic heterocycles. The number of nitrogens with zero attached hydrogens (tertiary/aromatic N) is 1. The predicted molar refractivity (Wildman–Crippen MR) is 121 cm³/mol. The van der Waals surface area contributed by atoms with Crippen LogP contribution in [0.25, 0.3) is 10.9 Å². The number of carbonyl (C=O) groups excluding carboxylic acids is 1. The highest BCUT2D eigenvalue weighted by atomic mass is 32.2. The van der Waals surface area contributed by atoms with Crippen LogP contribution in [0.3, 0.4) is 0 Å². The number of fused-ring (bicyclic) bond motifs is 1. The van der Waals surface area contributed by atoms with Crippen LogP contribution < -0.4 is 0 Å². The molecule has 31 heavy (non-hydrogen) atoms. The normalized spacial score (nSPS) is 11.6. The maximum atomic E-state index is 13.6. The van der Waals surface area contributed by atoms with E-state index in [4.69, 9.17) is 4.74 Å². The van der Waals surface area contributed by atoms with Gasteiger partial charge in [-0.15, -0.1) is 0 Å². The lowest BCUT2D eigenvalue weighted by Gasteiger charge is -2.13. The lowest BCUT2D eigenvalue weighted by atomic mass is 10.1. The SMILES string of the molecule is COC(=O)c1ccc2c(c1)cc(Cc1ccc(C)cc1)n2S(=O)(=O)c1ccc(C)cc1. The molecule has 158 valence electrons. The number of benzene rings is 3. The summed E-state index contributed by atoms with van der Waals surface area (Å²) in [7, 11) is -2.51. The summed E-state index contributed by atoms with van der Waals surface area (Å²) in [6.45, 7) is 3.93. The maximum absolute atomic E-state index is 13.6. The van der Waals surface area contributed by atoms with Gasteiger partial charge in [0, 0.05) is 17.5 Å². The van der Waals surface area contributed by atoms with Gasteiger partial charge >= 0.3 is 5.97 Å². The molecule has 0 aliphatic carbocycles. The first kappa shape index (κ1) is 20.9. The summed E-state index contributed by atoms with van der Waals surface area (Å²) in [5, 5.41) is 0.667. The molecule has 0 aliphatic rings. The molecule has 3 aromatic carbocycles. The van der Waals surface area contributed by atoms with E-state index in [9.17, 15) is 13.2 Å². The Morgan fingerprint density at radius 2 is 1.48 bits per heavy atom. The van der Waals surface area contributed by atoms with Crippen molar-refractivity contribution in [1.29, 1.82) is 0 Å². The summed E-state index contributed by atoms with van der Waals surface area (Å²) in [5.74, 6) is -0.462. The second-order valence-corrected chi connectivity index (χ2v) is 9.43. The smallest absolute Gasteiger partial charge is 0.337 e. The van der Waals surface area contributed by atoms with Crippen molar-refractivity contribution < 1.29 is 17.9 Å². The Hall–Kier alpha value is -3.38. The number of carbonyl (C=O) groups is 1. The van der Waals surface area contributed by atoms with E-state index in [1.54, 1.807) is 42.5 Å². The van der Waals surface area contributed by atoms with E-state index in [0.717, 1.165) is 16.7 Å². The Balaban J connectivity index is 1.92. The van der Waals surface area contributed by atoms with Gasteiger partial charge in [-0.25, -0.2) is 17.2 Å². The second kappa shape index (κ2) is 8.04. The first-order valence-corrected chi connectivity index (χ1v) is 11.3. The summed E-state index contributed by atoms with van der Waals surface area (Å²) in [6, 6.07) is 21.6. The highest BCUT2D eigenvalue weighted by Gasteiger charge is 2.24. The highest BCUT2D eigenvalue weighted by Crippen LogP contribution is 2.28. The minimum atomic E-state index is -3.84. The Morgan fingerprint density at radius 1 is 0.871 bits per heavy atom. The number of hydrogen-bond acceptors (Lipinski definition) is 4. The van der Waals surface area contributed by atoms with Crippen LogP contribution in [0.15, 0.2) is 77.7 Å². The molecule has 0 saturated carbocycles. The van der Waals surface area contributed by atoms with Crippen LogP contribution in [-0.2, 0) is 21.2 Å². The Kier molecular flexibility index (Phi) is 5.41. The third kappa shape index (κ3) is 3.99. The molecule has 0 unspecified atom stereocenters. The molecule has 4 aromatic rings. The van der Waals surface area contributed by atoms with E-state index >= 15 is 0 Å². The molecule has 0 bridgehead atoms. The van der Waals surface area contributed by atoms with Gasteiger partial charge < -0.3 is 4.74 Å². The minimum absolute atomic E-state index is 0.220. The van der Waals surface area contributed by atoms with E-state index in [1.165, 1.54) is 11.1 Å². The van der Waals surface area contributed by atoms with E-state index in [0.29, 0.717) is 28.6 Å². The average Bonchev–Trinajstić information content (AvgIpc) is 3.12. The van der Waals surface area contributed by atoms with Crippen molar-refractivity contribution in [2.45, 2.75) is 25.2 Å². The van der Waals surface area contributed by atoms with Gasteiger partial charge in [0.15, 0.2) is 0 Å². The summed E-state index contributed by atoms with van der Waals surface area (Å²) in [6.07, 6.45) is 0.438. The van der Waals surface area contributed by atoms with Crippen LogP contribution in [0.1, 0.15) is 32.7 Å². The van der Waals surface area contributed by atoms with E-state index in [-0.39, 0.29) is 4.90 Å². The predicted octanol–water partition coefficient (Wildman–Crippen LogP) is 4.87. The average molecular weight is 434 g/mol. The third-order valence-electron chi connectivity index (χ3n) is 5.32. The van der Waals surface area contributed by atoms with Gasteiger partial charge in [-0.05, 0) is 55.8 Å². The quantitative estimate of drug-likeness (QED) is 0.421. The second-order valence-electron chi connectivity index (χ2n) is 7.65. The van der Waals surface area contributed by atoms with Crippen molar-refractivity contribution in [3.63, 3.8) is 0 Å². The topological polar surface area (TPSA) is 65.4 Å². The molecule has 0 spiro atoms. The fourth-order valence-corrected chi connectivity index (χ4v) is 5.17. The number of ether oxygens (including phenoxy) is 1. The molecule has 5 nitrogen and oxygen atoms in total. The zero-order chi connectivity index (χ0) is 22.2. The first-order valence-electron chi connectivity index (χ1n) is 9.90. The van der Waals surface area contributed by atoms with Crippen LogP contribution in [-0.4, -0.2) is 25.5 Å². The Bertz CT molecular complexity index is 1370. The van der Waals surface area contributed by atoms with Crippen LogP contribution in [0.2, 0.25) is 0 Å². The van der Waals surface area contributed by atoms with Gasteiger partial charge in [0.25, 0.3) is 10.0 Å². The molecule has 0 N–H and O–H groups in total. The summed E-state index contributed by atoms with van der Waals surface area (Å²) < 4.78 is 33.5. The van der Waals surface area contributed by atoms with Gasteiger partial charge in [0.2, 0.25) is 0 Å². The van der Waals surface area contributed by atoms with E-state index < -0.39 is 16.0 Å². The Morgan fingerprint density at radius 3 is 2.10 bits per heavy atom. The number of hydrogen-bond donors (Lipinski definition) is 0. The molecule has 0 saturated heterocycles. The summed E-state index contributed by atoms with van der Waals surface area (Å²) in [5.41, 5.74) is 4.65. The fraction of sp³-hybridized carbons (Fsp3) is 0.160. The Labute approximate surface area is 182 Å². The van der Waals surface area contributed by atoms with E-state index in [1.807, 2.05) is 44.2 Å². The zero-order valence-electron chi connectivity index (χ0n) is 17.6. The maximum Gasteiger partial charge on any atom is 0.337 e. The van der Waals surface area contributed by atoms with E-state index in [2.05, 4.69) is 0 Å². The molecule has 6 heteroatoms. The molecular weight excluding hydrogens is 410 g/mol. The first-order chi connectivity index (χ1) is 14.8. The lowest BCUT2D eigenvalue weighted by molar-refractivity contribution is 0.0601. The standard InChI is InChI=1S/C25H23NO4S/c1-17-4-8-19(9-5-17)14-22-16-21-15-20(25(27)30-3)10-13-24(21)26(22)31(28,29)23-11-6-18(2)7-12-23/h4-13,15-16H,14H2,1-3H3. The molecule has 0 radical (unpaired) electrons. The largest absolute Gasteiger partial charge is 0.465 e. The number of esters is 1. The molecule has 1 heterocycles. The molecule has 0 amide bonds. The molecule has 0 fully saturated rings. The van der Waals surface area contributed by atoms with Gasteiger partial charge in [-0.1, -0.05) is 47.5 Å². The van der Waals surface area contributed by atoms with Crippen molar-refractivity contribution in [2.24, 2.45) is 0 Å². The van der Waals surface area contributed by atoms with Crippen LogP contribution >= 0.6 is 0 Å². The summed E-state index contributed by atoms with van der Waals surface area (Å²) >= 11 is 0. The van der Waals surface area contributed by atoms with Crippen LogP contribution in [0.4, 0.5) is 0 Å². The van der Waals surface area contributed by atoms with Crippen LogP contribution in [0, 0.1) is 13.8 Å². The lowest BCUT2D eigenvalue weighted by Crippen LogP contribution is -2.16. The van der Waals surface area contributed by atoms with Gasteiger partial charge in [0.1, 0.15) is 0 Å². The number of aryl methyl sites for hydroxylation is 2. The minimum Gasteiger partial charge on any atom is -0.465 e.